The Balaban J connectivity index is 2.19. The quantitative estimate of drug-likeness (QED) is 0.851. The maximum absolute atomic E-state index is 11.6. The highest BCUT2D eigenvalue weighted by atomic mass is 35.5. The molecule has 2 aromatic heterocycles. The highest BCUT2D eigenvalue weighted by molar-refractivity contribution is 7.20. The van der Waals surface area contributed by atoms with E-state index in [1.807, 2.05) is 17.5 Å². The van der Waals surface area contributed by atoms with E-state index >= 15 is 0 Å². The number of hydrogen-bond donors (Lipinski definition) is 1. The van der Waals surface area contributed by atoms with Crippen LogP contribution in [0.15, 0.2) is 22.5 Å². The second-order valence-corrected chi connectivity index (χ2v) is 6.61. The lowest BCUT2D eigenvalue weighted by molar-refractivity contribution is -0.114. The van der Waals surface area contributed by atoms with Gasteiger partial charge in [0.15, 0.2) is 0 Å². The van der Waals surface area contributed by atoms with Crippen molar-refractivity contribution in [2.45, 2.75) is 0 Å². The Labute approximate surface area is 121 Å². The highest BCUT2D eigenvalue weighted by Gasteiger charge is 2.22. The molecule has 92 valence electrons. The number of fused-ring (bicyclic) bond motifs is 1. The second kappa shape index (κ2) is 4.66. The van der Waals surface area contributed by atoms with Crippen LogP contribution in [0.25, 0.3) is 0 Å². The third-order valence-corrected chi connectivity index (χ3v) is 4.95. The van der Waals surface area contributed by atoms with Crippen LogP contribution in [0.4, 0.5) is 5.00 Å². The molecular formula is C11H6Cl2N2OS2. The van der Waals surface area contributed by atoms with Gasteiger partial charge >= 0.3 is 0 Å². The van der Waals surface area contributed by atoms with E-state index in [9.17, 15) is 4.79 Å². The number of carbonyl (C=O) groups is 1. The molecule has 1 amide bonds. The zero-order valence-corrected chi connectivity index (χ0v) is 12.0. The summed E-state index contributed by atoms with van der Waals surface area (Å²) in [5.41, 5.74) is 1.56. The first-order valence-electron chi connectivity index (χ1n) is 5.02. The Hall–Kier alpha value is -0.880. The first-order chi connectivity index (χ1) is 8.65. The number of hydrogen-bond acceptors (Lipinski definition) is 4. The fourth-order valence-electron chi connectivity index (χ4n) is 1.69. The molecule has 0 saturated carbocycles. The normalized spacial score (nSPS) is 14.8. The van der Waals surface area contributed by atoms with Crippen LogP contribution in [0.5, 0.6) is 0 Å². The fraction of sp³-hybridized carbons (Fsp3) is 0.0909. The standard InChI is InChI=1S/C11H6Cl2N2OS2/c12-6-1-2-17-10(6)9-5-3-7(13)18-11(5)15-8(16)4-14-9/h1-3H,4H2,(H,15,16). The molecule has 1 aliphatic rings. The van der Waals surface area contributed by atoms with Gasteiger partial charge in [-0.1, -0.05) is 23.2 Å². The minimum absolute atomic E-state index is 0.0998. The predicted molar refractivity (Wildman–Crippen MR) is 77.8 cm³/mol. The molecule has 1 aliphatic heterocycles. The van der Waals surface area contributed by atoms with E-state index in [0.717, 1.165) is 21.2 Å². The summed E-state index contributed by atoms with van der Waals surface area (Å²) < 4.78 is 0.613. The molecule has 0 fully saturated rings. The molecule has 3 rings (SSSR count). The second-order valence-electron chi connectivity index (χ2n) is 3.60. The third kappa shape index (κ3) is 2.07. The maximum atomic E-state index is 11.6. The van der Waals surface area contributed by atoms with E-state index < -0.39 is 0 Å². The third-order valence-electron chi connectivity index (χ3n) is 2.42. The molecule has 18 heavy (non-hydrogen) atoms. The van der Waals surface area contributed by atoms with Crippen LogP contribution in [0, 0.1) is 0 Å². The molecule has 0 saturated heterocycles. The molecule has 0 unspecified atom stereocenters. The summed E-state index contributed by atoms with van der Waals surface area (Å²) in [5, 5.41) is 6.06. The van der Waals surface area contributed by atoms with Crippen molar-refractivity contribution in [2.24, 2.45) is 4.99 Å². The van der Waals surface area contributed by atoms with E-state index in [0.29, 0.717) is 9.36 Å². The van der Waals surface area contributed by atoms with Crippen molar-refractivity contribution in [3.63, 3.8) is 0 Å². The number of amides is 1. The molecule has 3 heterocycles. The molecule has 0 radical (unpaired) electrons. The minimum Gasteiger partial charge on any atom is -0.315 e. The summed E-state index contributed by atoms with van der Waals surface area (Å²) in [6, 6.07) is 3.62. The van der Waals surface area contributed by atoms with Crippen LogP contribution in [0.3, 0.4) is 0 Å². The zero-order chi connectivity index (χ0) is 12.7. The number of rotatable bonds is 1. The number of aliphatic imine (C=N–C) groups is 1. The number of carbonyl (C=O) groups excluding carboxylic acids is 1. The SMILES string of the molecule is O=C1CN=C(c2sccc2Cl)c2cc(Cl)sc2N1. The van der Waals surface area contributed by atoms with Gasteiger partial charge in [0.2, 0.25) is 5.91 Å². The average Bonchev–Trinajstić information content (AvgIpc) is 2.84. The van der Waals surface area contributed by atoms with Gasteiger partial charge in [0, 0.05) is 5.56 Å². The molecular weight excluding hydrogens is 311 g/mol. The molecule has 1 N–H and O–H groups in total. The Kier molecular flexibility index (Phi) is 3.15. The molecule has 0 bridgehead atoms. The van der Waals surface area contributed by atoms with Crippen LogP contribution in [0.1, 0.15) is 10.4 Å². The van der Waals surface area contributed by atoms with Crippen molar-refractivity contribution in [1.82, 2.24) is 0 Å². The largest absolute Gasteiger partial charge is 0.315 e. The molecule has 2 aromatic rings. The summed E-state index contributed by atoms with van der Waals surface area (Å²) in [6.07, 6.45) is 0. The van der Waals surface area contributed by atoms with Gasteiger partial charge < -0.3 is 5.32 Å². The molecule has 7 heteroatoms. The highest BCUT2D eigenvalue weighted by Crippen LogP contribution is 2.37. The van der Waals surface area contributed by atoms with Gasteiger partial charge in [-0.25, -0.2) is 0 Å². The summed E-state index contributed by atoms with van der Waals surface area (Å²) in [6.45, 7) is 0.0998. The van der Waals surface area contributed by atoms with E-state index in [-0.39, 0.29) is 12.5 Å². The Morgan fingerprint density at radius 1 is 1.39 bits per heavy atom. The Bertz CT molecular complexity index is 660. The van der Waals surface area contributed by atoms with E-state index in [1.54, 1.807) is 0 Å². The van der Waals surface area contributed by atoms with Gasteiger partial charge in [0.1, 0.15) is 11.5 Å². The smallest absolute Gasteiger partial charge is 0.246 e. The lowest BCUT2D eigenvalue weighted by Gasteiger charge is -2.02. The molecule has 0 spiro atoms. The minimum atomic E-state index is -0.141. The van der Waals surface area contributed by atoms with Crippen LogP contribution in [0.2, 0.25) is 9.36 Å². The predicted octanol–water partition coefficient (Wildman–Crippen LogP) is 3.91. The number of thiophene rings is 2. The van der Waals surface area contributed by atoms with Crippen molar-refractivity contribution in [3.05, 3.63) is 37.3 Å². The van der Waals surface area contributed by atoms with Crippen molar-refractivity contribution in [1.29, 1.82) is 0 Å². The van der Waals surface area contributed by atoms with Gasteiger partial charge in [-0.3, -0.25) is 9.79 Å². The lowest BCUT2D eigenvalue weighted by atomic mass is 10.1. The van der Waals surface area contributed by atoms with Gasteiger partial charge in [-0.05, 0) is 17.5 Å². The summed E-state index contributed by atoms with van der Waals surface area (Å²) in [4.78, 5) is 16.8. The monoisotopic (exact) mass is 316 g/mol. The van der Waals surface area contributed by atoms with Crippen LogP contribution in [-0.4, -0.2) is 18.2 Å². The van der Waals surface area contributed by atoms with Crippen molar-refractivity contribution in [2.75, 3.05) is 11.9 Å². The fourth-order valence-corrected chi connectivity index (χ4v) is 4.00. The Morgan fingerprint density at radius 3 is 2.94 bits per heavy atom. The lowest BCUT2D eigenvalue weighted by Crippen LogP contribution is -2.12. The molecule has 0 aliphatic carbocycles. The van der Waals surface area contributed by atoms with E-state index in [4.69, 9.17) is 23.2 Å². The van der Waals surface area contributed by atoms with Crippen LogP contribution < -0.4 is 5.32 Å². The summed E-state index contributed by atoms with van der Waals surface area (Å²) in [7, 11) is 0. The van der Waals surface area contributed by atoms with Gasteiger partial charge in [0.05, 0.1) is 19.9 Å². The van der Waals surface area contributed by atoms with E-state index in [2.05, 4.69) is 10.3 Å². The molecule has 0 atom stereocenters. The Morgan fingerprint density at radius 2 is 2.22 bits per heavy atom. The first-order valence-corrected chi connectivity index (χ1v) is 7.47. The number of nitrogens with one attached hydrogen (secondary N) is 1. The summed E-state index contributed by atoms with van der Waals surface area (Å²) in [5.74, 6) is -0.141. The first kappa shape index (κ1) is 12.2. The van der Waals surface area contributed by atoms with Crippen LogP contribution in [-0.2, 0) is 4.79 Å². The zero-order valence-electron chi connectivity index (χ0n) is 8.87. The number of halogens is 2. The van der Waals surface area contributed by atoms with Gasteiger partial charge in [-0.15, -0.1) is 22.7 Å². The molecule has 3 nitrogen and oxygen atoms in total. The average molecular weight is 317 g/mol. The van der Waals surface area contributed by atoms with Crippen molar-refractivity contribution >= 4 is 62.5 Å². The van der Waals surface area contributed by atoms with Crippen molar-refractivity contribution in [3.8, 4) is 0 Å². The summed E-state index contributed by atoms with van der Waals surface area (Å²) >= 11 is 15.0. The van der Waals surface area contributed by atoms with Crippen molar-refractivity contribution < 1.29 is 4.79 Å². The maximum Gasteiger partial charge on any atom is 0.246 e. The van der Waals surface area contributed by atoms with Gasteiger partial charge in [-0.2, -0.15) is 0 Å². The van der Waals surface area contributed by atoms with E-state index in [1.165, 1.54) is 22.7 Å². The topological polar surface area (TPSA) is 41.5 Å². The number of anilines is 1. The van der Waals surface area contributed by atoms with Gasteiger partial charge in [0.25, 0.3) is 0 Å². The van der Waals surface area contributed by atoms with Crippen LogP contribution >= 0.6 is 45.9 Å². The molecule has 0 aromatic carbocycles. The number of nitrogens with zero attached hydrogens (tertiary/aromatic N) is 1.